The van der Waals surface area contributed by atoms with E-state index in [1.165, 1.54) is 29.9 Å². The molecule has 30 heavy (non-hydrogen) atoms. The molecule has 0 aliphatic carbocycles. The average molecular weight is 424 g/mol. The van der Waals surface area contributed by atoms with Gasteiger partial charge in [-0.1, -0.05) is 11.3 Å². The molecule has 1 aromatic carbocycles. The zero-order valence-corrected chi connectivity index (χ0v) is 16.4. The van der Waals surface area contributed by atoms with Crippen molar-refractivity contribution in [1.29, 1.82) is 0 Å². The fraction of sp³-hybridized carbons (Fsp3) is 0.211. The third-order valence-electron chi connectivity index (χ3n) is 4.66. The maximum atomic E-state index is 12.7. The van der Waals surface area contributed by atoms with E-state index in [-0.39, 0.29) is 24.4 Å². The lowest BCUT2D eigenvalue weighted by Crippen LogP contribution is -2.38. The molecule has 0 bridgehead atoms. The fourth-order valence-corrected chi connectivity index (χ4v) is 4.20. The minimum Gasteiger partial charge on any atom is -0.454 e. The van der Waals surface area contributed by atoms with Crippen molar-refractivity contribution in [2.75, 3.05) is 24.0 Å². The molecule has 0 saturated carbocycles. The van der Waals surface area contributed by atoms with Gasteiger partial charge >= 0.3 is 6.03 Å². The highest BCUT2D eigenvalue weighted by atomic mass is 32.1. The molecule has 0 radical (unpaired) electrons. The molecule has 0 atom stereocenters. The highest BCUT2D eigenvalue weighted by Crippen LogP contribution is 2.34. The molecule has 0 unspecified atom stereocenters. The Morgan fingerprint density at radius 3 is 2.90 bits per heavy atom. The van der Waals surface area contributed by atoms with Crippen molar-refractivity contribution in [2.45, 2.75) is 13.0 Å². The number of thiazole rings is 1. The Morgan fingerprint density at radius 2 is 2.03 bits per heavy atom. The molecule has 2 N–H and O–H groups in total. The summed E-state index contributed by atoms with van der Waals surface area (Å²) in [5.74, 6) is 0.905. The molecule has 0 fully saturated rings. The van der Waals surface area contributed by atoms with Crippen LogP contribution in [0.1, 0.15) is 21.1 Å². The first-order chi connectivity index (χ1) is 14.7. The van der Waals surface area contributed by atoms with Gasteiger partial charge in [0.25, 0.3) is 5.91 Å². The summed E-state index contributed by atoms with van der Waals surface area (Å²) < 4.78 is 10.6. The summed E-state index contributed by atoms with van der Waals surface area (Å²) >= 11 is 1.35. The van der Waals surface area contributed by atoms with Gasteiger partial charge in [-0.15, -0.1) is 0 Å². The number of carbonyl (C=O) groups excluding carboxylic acids is 2. The predicted molar refractivity (Wildman–Crippen MR) is 108 cm³/mol. The number of ether oxygens (including phenoxy) is 2. The number of aromatic nitrogens is 3. The number of nitrogens with zero attached hydrogens (tertiary/aromatic N) is 4. The second-order valence-electron chi connectivity index (χ2n) is 6.60. The summed E-state index contributed by atoms with van der Waals surface area (Å²) in [6.07, 6.45) is 4.97. The Hall–Kier alpha value is -3.73. The van der Waals surface area contributed by atoms with Crippen molar-refractivity contribution >= 4 is 34.1 Å². The molecule has 11 heteroatoms. The van der Waals surface area contributed by atoms with Gasteiger partial charge in [0.1, 0.15) is 5.69 Å². The quantitative estimate of drug-likeness (QED) is 0.663. The smallest absolute Gasteiger partial charge is 0.322 e. The Labute approximate surface area is 174 Å². The summed E-state index contributed by atoms with van der Waals surface area (Å²) in [7, 11) is 0. The number of hydrogen-bond donors (Lipinski definition) is 2. The van der Waals surface area contributed by atoms with Crippen molar-refractivity contribution < 1.29 is 19.1 Å². The van der Waals surface area contributed by atoms with E-state index in [1.54, 1.807) is 23.1 Å². The number of benzene rings is 1. The van der Waals surface area contributed by atoms with Gasteiger partial charge in [0.2, 0.25) is 6.79 Å². The van der Waals surface area contributed by atoms with E-state index >= 15 is 0 Å². The van der Waals surface area contributed by atoms with Gasteiger partial charge in [-0.05, 0) is 12.1 Å². The number of rotatable bonds is 3. The largest absolute Gasteiger partial charge is 0.454 e. The monoisotopic (exact) mass is 424 g/mol. The Bertz CT molecular complexity index is 1120. The van der Waals surface area contributed by atoms with Crippen molar-refractivity contribution in [3.63, 3.8) is 0 Å². The highest BCUT2D eigenvalue weighted by molar-refractivity contribution is 7.15. The minimum atomic E-state index is -0.369. The van der Waals surface area contributed by atoms with Crippen molar-refractivity contribution in [1.82, 2.24) is 19.9 Å². The van der Waals surface area contributed by atoms with Crippen LogP contribution in [0.25, 0.3) is 0 Å². The van der Waals surface area contributed by atoms with Crippen LogP contribution in [0, 0.1) is 0 Å². The van der Waals surface area contributed by atoms with Crippen LogP contribution in [0.5, 0.6) is 11.5 Å². The number of amides is 3. The van der Waals surface area contributed by atoms with Crippen LogP contribution < -0.4 is 20.1 Å². The van der Waals surface area contributed by atoms with Crippen molar-refractivity contribution in [2.24, 2.45) is 0 Å². The van der Waals surface area contributed by atoms with Gasteiger partial charge < -0.3 is 19.7 Å². The minimum absolute atomic E-state index is 0.183. The van der Waals surface area contributed by atoms with E-state index < -0.39 is 0 Å². The molecule has 2 aliphatic rings. The first kappa shape index (κ1) is 18.3. The summed E-state index contributed by atoms with van der Waals surface area (Å²) in [5, 5.41) is 6.11. The third kappa shape index (κ3) is 3.62. The number of urea groups is 1. The molecule has 0 spiro atoms. The lowest BCUT2D eigenvalue weighted by molar-refractivity contribution is 0.102. The molecular weight excluding hydrogens is 408 g/mol. The highest BCUT2D eigenvalue weighted by Gasteiger charge is 2.25. The van der Waals surface area contributed by atoms with Crippen LogP contribution in [-0.2, 0) is 13.0 Å². The number of nitrogens with one attached hydrogen (secondary N) is 2. The second-order valence-corrected chi connectivity index (χ2v) is 7.69. The van der Waals surface area contributed by atoms with Crippen molar-refractivity contribution in [3.05, 3.63) is 53.1 Å². The molecule has 2 aliphatic heterocycles. The molecule has 5 rings (SSSR count). The van der Waals surface area contributed by atoms with Crippen LogP contribution in [-0.4, -0.2) is 45.1 Å². The summed E-state index contributed by atoms with van der Waals surface area (Å²) in [4.78, 5) is 39.9. The van der Waals surface area contributed by atoms with Crippen LogP contribution in [0.15, 0.2) is 36.8 Å². The van der Waals surface area contributed by atoms with Crippen LogP contribution in [0.3, 0.4) is 0 Å². The number of anilines is 2. The Morgan fingerprint density at radius 1 is 1.13 bits per heavy atom. The van der Waals surface area contributed by atoms with Crippen molar-refractivity contribution in [3.8, 4) is 11.5 Å². The summed E-state index contributed by atoms with van der Waals surface area (Å²) in [6, 6.07) is 5.07. The van der Waals surface area contributed by atoms with Gasteiger partial charge in [-0.2, -0.15) is 0 Å². The molecular formula is C19H16N6O4S. The Kier molecular flexibility index (Phi) is 4.64. The maximum absolute atomic E-state index is 12.7. The normalized spacial score (nSPS) is 14.2. The number of carbonyl (C=O) groups is 2. The van der Waals surface area contributed by atoms with Crippen LogP contribution in [0.4, 0.5) is 15.6 Å². The lowest BCUT2D eigenvalue weighted by atomic mass is 10.2. The lowest BCUT2D eigenvalue weighted by Gasteiger charge is -2.26. The van der Waals surface area contributed by atoms with E-state index in [2.05, 4.69) is 25.6 Å². The fourth-order valence-electron chi connectivity index (χ4n) is 3.18. The van der Waals surface area contributed by atoms with Crippen LogP contribution in [0.2, 0.25) is 0 Å². The topological polar surface area (TPSA) is 119 Å². The van der Waals surface area contributed by atoms with Gasteiger partial charge in [0.15, 0.2) is 16.6 Å². The molecule has 152 valence electrons. The summed E-state index contributed by atoms with van der Waals surface area (Å²) in [6.45, 7) is 1.14. The molecule has 3 aromatic rings. The van der Waals surface area contributed by atoms with Crippen LogP contribution >= 0.6 is 11.3 Å². The number of hydrogen-bond acceptors (Lipinski definition) is 8. The SMILES string of the molecule is O=C(Nc1nc2c(s1)CN(C(=O)Nc1ccc3c(c1)OCO3)CC2)c1cnccn1. The number of fused-ring (bicyclic) bond motifs is 2. The molecule has 0 saturated heterocycles. The van der Waals surface area contributed by atoms with E-state index in [1.807, 2.05) is 0 Å². The van der Waals surface area contributed by atoms with Gasteiger partial charge in [-0.3, -0.25) is 15.1 Å². The molecule has 2 aromatic heterocycles. The first-order valence-corrected chi connectivity index (χ1v) is 9.99. The van der Waals surface area contributed by atoms with E-state index in [4.69, 9.17) is 9.47 Å². The van der Waals surface area contributed by atoms with E-state index in [0.29, 0.717) is 41.8 Å². The maximum Gasteiger partial charge on any atom is 0.322 e. The van der Waals surface area contributed by atoms with E-state index in [9.17, 15) is 9.59 Å². The zero-order chi connectivity index (χ0) is 20.5. The molecule has 10 nitrogen and oxygen atoms in total. The zero-order valence-electron chi connectivity index (χ0n) is 15.6. The predicted octanol–water partition coefficient (Wildman–Crippen LogP) is 2.50. The third-order valence-corrected chi connectivity index (χ3v) is 5.66. The van der Waals surface area contributed by atoms with E-state index in [0.717, 1.165) is 10.6 Å². The second kappa shape index (κ2) is 7.59. The van der Waals surface area contributed by atoms with Gasteiger partial charge in [0.05, 0.1) is 18.4 Å². The summed E-state index contributed by atoms with van der Waals surface area (Å²) in [5.41, 5.74) is 1.74. The molecule has 4 heterocycles. The standard InChI is InChI=1S/C19H16N6O4S/c26-17(13-8-20-4-5-21-13)24-18-23-12-3-6-25(9-16(12)30-18)19(27)22-11-1-2-14-15(7-11)29-10-28-14/h1-2,4-5,7-8H,3,6,9-10H2,(H,22,27)(H,23,24,26). The molecule has 3 amide bonds. The van der Waals surface area contributed by atoms with Gasteiger partial charge in [-0.25, -0.2) is 14.8 Å². The Balaban J connectivity index is 1.24. The average Bonchev–Trinajstić information content (AvgIpc) is 3.39. The first-order valence-electron chi connectivity index (χ1n) is 9.17. The van der Waals surface area contributed by atoms with Gasteiger partial charge in [0, 0.05) is 42.0 Å².